The molecule has 2 heterocycles. The maximum absolute atomic E-state index is 11.3. The fourth-order valence-electron chi connectivity index (χ4n) is 3.45. The molecule has 134 valence electrons. The van der Waals surface area contributed by atoms with Gasteiger partial charge < -0.3 is 15.5 Å². The van der Waals surface area contributed by atoms with Gasteiger partial charge in [-0.25, -0.2) is 14.8 Å². The lowest BCUT2D eigenvalue weighted by Gasteiger charge is -2.17. The first-order valence-corrected chi connectivity index (χ1v) is 9.50. The van der Waals surface area contributed by atoms with Crippen molar-refractivity contribution in [3.05, 3.63) is 41.0 Å². The molecule has 0 saturated carbocycles. The lowest BCUT2D eigenvalue weighted by atomic mass is 9.89. The lowest BCUT2D eigenvalue weighted by molar-refractivity contribution is -0.138. The summed E-state index contributed by atoms with van der Waals surface area (Å²) >= 11 is 1.50. The average molecular weight is 369 g/mol. The summed E-state index contributed by atoms with van der Waals surface area (Å²) in [6, 6.07) is 5.43. The maximum atomic E-state index is 11.3. The highest BCUT2D eigenvalue weighted by atomic mass is 32.1. The van der Waals surface area contributed by atoms with Crippen molar-refractivity contribution < 1.29 is 15.0 Å². The number of benzene rings is 1. The van der Waals surface area contributed by atoms with Crippen LogP contribution in [0, 0.1) is 0 Å². The molecule has 1 unspecified atom stereocenters. The molecule has 3 N–H and O–H groups in total. The highest BCUT2D eigenvalue weighted by molar-refractivity contribution is 7.17. The normalized spacial score (nSPS) is 14.8. The van der Waals surface area contributed by atoms with Crippen LogP contribution in [0.15, 0.2) is 29.9 Å². The molecule has 1 atom stereocenters. The molecule has 0 radical (unpaired) electrons. The van der Waals surface area contributed by atoms with Gasteiger partial charge in [-0.3, -0.25) is 0 Å². The van der Waals surface area contributed by atoms with Crippen LogP contribution >= 0.6 is 11.3 Å². The Kier molecular flexibility index (Phi) is 4.57. The summed E-state index contributed by atoms with van der Waals surface area (Å²) in [5, 5.41) is 24.2. The maximum Gasteiger partial charge on any atom is 0.328 e. The number of nitrogens with zero attached hydrogens (tertiary/aromatic N) is 2. The number of aliphatic hydroxyl groups is 1. The van der Waals surface area contributed by atoms with Gasteiger partial charge in [0.2, 0.25) is 0 Å². The Morgan fingerprint density at radius 2 is 2.04 bits per heavy atom. The molecule has 0 fully saturated rings. The van der Waals surface area contributed by atoms with Gasteiger partial charge in [-0.1, -0.05) is 18.2 Å². The minimum atomic E-state index is -1.12. The Morgan fingerprint density at radius 1 is 1.23 bits per heavy atom. The van der Waals surface area contributed by atoms with Gasteiger partial charge in [0, 0.05) is 10.9 Å². The summed E-state index contributed by atoms with van der Waals surface area (Å²) in [6.07, 6.45) is 6.10. The van der Waals surface area contributed by atoms with Crippen LogP contribution in [0.3, 0.4) is 0 Å². The third-order valence-corrected chi connectivity index (χ3v) is 5.71. The number of rotatable bonds is 5. The van der Waals surface area contributed by atoms with Crippen molar-refractivity contribution in [2.75, 3.05) is 11.9 Å². The van der Waals surface area contributed by atoms with Crippen LogP contribution in [-0.4, -0.2) is 38.8 Å². The third-order valence-electron chi connectivity index (χ3n) is 4.82. The van der Waals surface area contributed by atoms with Crippen molar-refractivity contribution in [2.45, 2.75) is 31.7 Å². The molecule has 1 aliphatic rings. The molecule has 4 rings (SSSR count). The van der Waals surface area contributed by atoms with E-state index in [9.17, 15) is 15.0 Å². The second-order valence-corrected chi connectivity index (χ2v) is 7.32. The molecule has 0 saturated heterocycles. The Labute approximate surface area is 154 Å². The molecule has 0 spiro atoms. The number of hydrogen-bond donors (Lipinski definition) is 3. The zero-order valence-corrected chi connectivity index (χ0v) is 14.9. The Morgan fingerprint density at radius 3 is 2.81 bits per heavy atom. The monoisotopic (exact) mass is 369 g/mol. The molecule has 0 bridgehead atoms. The van der Waals surface area contributed by atoms with Crippen LogP contribution in [0.25, 0.3) is 21.3 Å². The zero-order valence-electron chi connectivity index (χ0n) is 14.1. The minimum absolute atomic E-state index is 0.436. The molecule has 0 aliphatic heterocycles. The number of thiophene rings is 1. The van der Waals surface area contributed by atoms with E-state index in [1.54, 1.807) is 0 Å². The molecule has 0 amide bonds. The predicted molar refractivity (Wildman–Crippen MR) is 102 cm³/mol. The number of aryl methyl sites for hydroxylation is 2. The van der Waals surface area contributed by atoms with Crippen LogP contribution in [0.2, 0.25) is 0 Å². The first-order chi connectivity index (χ1) is 12.7. The van der Waals surface area contributed by atoms with Crippen LogP contribution in [0.4, 0.5) is 5.82 Å². The fourth-order valence-corrected chi connectivity index (χ4v) is 4.36. The van der Waals surface area contributed by atoms with Gasteiger partial charge in [0.1, 0.15) is 23.0 Å². The quantitative estimate of drug-likeness (QED) is 0.640. The molecule has 1 aliphatic carbocycles. The Bertz CT molecular complexity index is 970. The van der Waals surface area contributed by atoms with Gasteiger partial charge in [-0.05, 0) is 42.4 Å². The van der Waals surface area contributed by atoms with Crippen molar-refractivity contribution in [1.82, 2.24) is 9.97 Å². The molecule has 26 heavy (non-hydrogen) atoms. The van der Waals surface area contributed by atoms with Gasteiger partial charge in [0.25, 0.3) is 0 Å². The number of fused-ring (bicyclic) bond motifs is 2. The summed E-state index contributed by atoms with van der Waals surface area (Å²) in [5.41, 5.74) is 4.88. The summed E-state index contributed by atoms with van der Waals surface area (Å²) in [7, 11) is 0. The molecule has 2 aromatic heterocycles. The highest BCUT2D eigenvalue weighted by Crippen LogP contribution is 2.38. The van der Waals surface area contributed by atoms with E-state index in [1.165, 1.54) is 41.6 Å². The number of nitrogens with one attached hydrogen (secondary N) is 1. The lowest BCUT2D eigenvalue weighted by Crippen LogP contribution is -2.33. The fraction of sp³-hybridized carbons (Fsp3) is 0.316. The van der Waals surface area contributed by atoms with Gasteiger partial charge >= 0.3 is 5.97 Å². The van der Waals surface area contributed by atoms with E-state index >= 15 is 0 Å². The molecular formula is C19H19N3O3S. The number of aromatic nitrogens is 2. The van der Waals surface area contributed by atoms with E-state index in [0.29, 0.717) is 5.82 Å². The standard InChI is InChI=1S/C19H19N3O3S/c23-8-15(19(24)25)22-17-16-14(9-26-18(16)21-10-20-17)13-6-5-11-3-1-2-4-12(11)7-13/h5-7,9-10,15,23H,1-4,8H2,(H,24,25)(H,20,21,22). The van der Waals surface area contributed by atoms with E-state index in [0.717, 1.165) is 34.2 Å². The first kappa shape index (κ1) is 16.9. The average Bonchev–Trinajstić information content (AvgIpc) is 3.10. The van der Waals surface area contributed by atoms with Crippen molar-refractivity contribution in [2.24, 2.45) is 0 Å². The first-order valence-electron chi connectivity index (χ1n) is 8.62. The molecule has 6 nitrogen and oxygen atoms in total. The number of carboxylic acids is 1. The second-order valence-electron chi connectivity index (χ2n) is 6.46. The van der Waals surface area contributed by atoms with Crippen LogP contribution in [0.5, 0.6) is 0 Å². The number of carboxylic acid groups (broad SMARTS) is 1. The van der Waals surface area contributed by atoms with Crippen molar-refractivity contribution >= 4 is 33.3 Å². The van der Waals surface area contributed by atoms with E-state index < -0.39 is 18.6 Å². The number of aliphatic hydroxyl groups excluding tert-OH is 1. The SMILES string of the molecule is O=C(O)C(CO)Nc1ncnc2scc(-c3ccc4c(c3)CCCC4)c12. The third kappa shape index (κ3) is 3.04. The molecule has 7 heteroatoms. The summed E-state index contributed by atoms with van der Waals surface area (Å²) in [6.45, 7) is -0.515. The van der Waals surface area contributed by atoms with Gasteiger partial charge in [0.15, 0.2) is 0 Å². The van der Waals surface area contributed by atoms with Crippen molar-refractivity contribution in [1.29, 1.82) is 0 Å². The highest BCUT2D eigenvalue weighted by Gasteiger charge is 2.21. The summed E-state index contributed by atoms with van der Waals surface area (Å²) in [5.74, 6) is -0.685. The van der Waals surface area contributed by atoms with Gasteiger partial charge in [-0.2, -0.15) is 0 Å². The van der Waals surface area contributed by atoms with E-state index in [2.05, 4.69) is 33.5 Å². The largest absolute Gasteiger partial charge is 0.480 e. The zero-order chi connectivity index (χ0) is 18.1. The van der Waals surface area contributed by atoms with Gasteiger partial charge in [-0.15, -0.1) is 11.3 Å². The predicted octanol–water partition coefficient (Wildman–Crippen LogP) is 3.09. The van der Waals surface area contributed by atoms with Crippen molar-refractivity contribution in [3.63, 3.8) is 0 Å². The van der Waals surface area contributed by atoms with Crippen LogP contribution in [-0.2, 0) is 17.6 Å². The molecule has 3 aromatic rings. The number of aliphatic carboxylic acids is 1. The Hall–Kier alpha value is -2.51. The summed E-state index contributed by atoms with van der Waals surface area (Å²) in [4.78, 5) is 20.6. The number of anilines is 1. The Balaban J connectivity index is 1.80. The minimum Gasteiger partial charge on any atom is -0.480 e. The smallest absolute Gasteiger partial charge is 0.328 e. The summed E-state index contributed by atoms with van der Waals surface area (Å²) < 4.78 is 0. The van der Waals surface area contributed by atoms with Gasteiger partial charge in [0.05, 0.1) is 12.0 Å². The number of carbonyl (C=O) groups is 1. The van der Waals surface area contributed by atoms with E-state index in [1.807, 2.05) is 5.38 Å². The molecule has 1 aromatic carbocycles. The van der Waals surface area contributed by atoms with E-state index in [4.69, 9.17) is 0 Å². The second kappa shape index (κ2) is 7.01. The van der Waals surface area contributed by atoms with Crippen LogP contribution < -0.4 is 5.32 Å². The topological polar surface area (TPSA) is 95.3 Å². The van der Waals surface area contributed by atoms with Crippen LogP contribution in [0.1, 0.15) is 24.0 Å². The van der Waals surface area contributed by atoms with Crippen molar-refractivity contribution in [3.8, 4) is 11.1 Å². The van der Waals surface area contributed by atoms with E-state index in [-0.39, 0.29) is 0 Å². The number of hydrogen-bond acceptors (Lipinski definition) is 6. The molecular weight excluding hydrogens is 350 g/mol.